The van der Waals surface area contributed by atoms with Crippen LogP contribution in [0.2, 0.25) is 0 Å². The lowest BCUT2D eigenvalue weighted by Crippen LogP contribution is -2.71. The summed E-state index contributed by atoms with van der Waals surface area (Å²) < 4.78 is 140. The minimum atomic E-state index is -2.74. The number of amides is 4. The Morgan fingerprint density at radius 3 is 0.859 bits per heavy atom. The Labute approximate surface area is 805 Å². The molecule has 4 amide bonds. The van der Waals surface area contributed by atoms with E-state index in [1.807, 2.05) is 0 Å². The first-order valence-corrected chi connectivity index (χ1v) is 45.7. The molecular weight excluding hydrogens is 1940 g/mol. The maximum Gasteiger partial charge on any atom is 0.217 e. The van der Waals surface area contributed by atoms with Crippen molar-refractivity contribution in [3.8, 4) is 0 Å². The second kappa shape index (κ2) is 50.3. The third-order valence-electron chi connectivity index (χ3n) is 26.6. The number of hydrogen-bond donors (Lipinski definition) is 35. The van der Waals surface area contributed by atoms with Crippen LogP contribution in [0, 0.1) is 0 Å². The molecule has 12 aliphatic rings. The van der Waals surface area contributed by atoms with Gasteiger partial charge in [-0.2, -0.15) is 0 Å². The summed E-state index contributed by atoms with van der Waals surface area (Å²) in [6.45, 7) is -3.33. The molecule has 0 aromatic rings. The van der Waals surface area contributed by atoms with Gasteiger partial charge in [0.15, 0.2) is 75.5 Å². The third-order valence-corrected chi connectivity index (χ3v) is 26.6. The monoisotopic (exact) mass is 2080 g/mol. The highest BCUT2D eigenvalue weighted by Gasteiger charge is 2.64. The Bertz CT molecular complexity index is 3940. The van der Waals surface area contributed by atoms with Crippen LogP contribution in [-0.2, 0) is 128 Å². The topological polar surface area (TPSA) is 956 Å². The summed E-state index contributed by atoms with van der Waals surface area (Å²) in [5.74, 6) is -4.02. The number of nitrogens with one attached hydrogen (secondary N) is 4. The van der Waals surface area contributed by atoms with Crippen molar-refractivity contribution in [3.05, 3.63) is 0 Å². The number of hydrogen-bond acceptors (Lipinski definition) is 58. The van der Waals surface area contributed by atoms with Crippen LogP contribution < -0.4 is 21.3 Å². The smallest absolute Gasteiger partial charge is 0.217 e. The van der Waals surface area contributed by atoms with Crippen LogP contribution in [0.1, 0.15) is 48.5 Å². The van der Waals surface area contributed by atoms with Gasteiger partial charge in [-0.05, 0) is 20.8 Å². The molecule has 62 heteroatoms. The van der Waals surface area contributed by atoms with Crippen molar-refractivity contribution < 1.29 is 286 Å². The molecular formula is C80H134N4O58. The fourth-order valence-corrected chi connectivity index (χ4v) is 18.6. The fourth-order valence-electron chi connectivity index (χ4n) is 18.6. The first-order chi connectivity index (χ1) is 67.1. The van der Waals surface area contributed by atoms with Crippen molar-refractivity contribution in [1.82, 2.24) is 21.3 Å². The van der Waals surface area contributed by atoms with Gasteiger partial charge in [-0.3, -0.25) is 19.2 Å². The second-order valence-electron chi connectivity index (χ2n) is 36.6. The van der Waals surface area contributed by atoms with E-state index < -0.39 is 451 Å². The predicted octanol–water partition coefficient (Wildman–Crippen LogP) is -23.5. The Morgan fingerprint density at radius 1 is 0.197 bits per heavy atom. The van der Waals surface area contributed by atoms with Crippen molar-refractivity contribution in [2.75, 3.05) is 59.5 Å². The van der Waals surface area contributed by atoms with Crippen LogP contribution in [0.25, 0.3) is 0 Å². The number of rotatable bonds is 35. The van der Waals surface area contributed by atoms with Gasteiger partial charge in [0.25, 0.3) is 0 Å². The highest BCUT2D eigenvalue weighted by Crippen LogP contribution is 2.43. The van der Waals surface area contributed by atoms with E-state index in [1.54, 1.807) is 0 Å². The van der Waals surface area contributed by atoms with Crippen molar-refractivity contribution in [3.63, 3.8) is 0 Å². The second-order valence-corrected chi connectivity index (χ2v) is 36.6. The van der Waals surface area contributed by atoms with Gasteiger partial charge in [0.2, 0.25) is 23.6 Å². The molecule has 0 aromatic heterocycles. The number of carbonyl (C=O) groups is 4. The molecule has 0 bridgehead atoms. The molecule has 12 aliphatic heterocycles. The van der Waals surface area contributed by atoms with Gasteiger partial charge in [0.1, 0.15) is 274 Å². The molecule has 62 nitrogen and oxygen atoms in total. The lowest BCUT2D eigenvalue weighted by atomic mass is 9.93. The first-order valence-electron chi connectivity index (χ1n) is 45.7. The van der Waals surface area contributed by atoms with Crippen LogP contribution in [0.3, 0.4) is 0 Å². The van der Waals surface area contributed by atoms with Crippen LogP contribution >= 0.6 is 0 Å². The summed E-state index contributed by atoms with van der Waals surface area (Å²) in [5.41, 5.74) is 0. The van der Waals surface area contributed by atoms with E-state index in [-0.39, 0.29) is 0 Å². The highest BCUT2D eigenvalue weighted by atomic mass is 16.8. The summed E-state index contributed by atoms with van der Waals surface area (Å²) in [6.07, 6.45) is -119. The molecule has 12 heterocycles. The van der Waals surface area contributed by atoms with Crippen LogP contribution in [0.4, 0.5) is 0 Å². The molecule has 12 rings (SSSR count). The van der Waals surface area contributed by atoms with E-state index in [1.165, 1.54) is 20.8 Å². The van der Waals surface area contributed by atoms with Crippen molar-refractivity contribution in [2.45, 2.75) is 417 Å². The predicted molar refractivity (Wildman–Crippen MR) is 437 cm³/mol. The zero-order valence-corrected chi connectivity index (χ0v) is 76.9. The number of ether oxygens (including phenoxy) is 23. The van der Waals surface area contributed by atoms with Crippen LogP contribution in [0.15, 0.2) is 0 Å². The van der Waals surface area contributed by atoms with Crippen LogP contribution in [-0.4, -0.2) is 610 Å². The molecule has 12 saturated heterocycles. The van der Waals surface area contributed by atoms with E-state index in [4.69, 9.17) is 109 Å². The maximum absolute atomic E-state index is 13.7. The van der Waals surface area contributed by atoms with E-state index in [0.717, 1.165) is 27.7 Å². The summed E-state index contributed by atoms with van der Waals surface area (Å²) >= 11 is 0. The lowest BCUT2D eigenvalue weighted by molar-refractivity contribution is -0.404. The van der Waals surface area contributed by atoms with Crippen LogP contribution in [0.5, 0.6) is 0 Å². The Hall–Kier alpha value is -4.28. The van der Waals surface area contributed by atoms with Gasteiger partial charge in [-0.25, -0.2) is 0 Å². The van der Waals surface area contributed by atoms with Gasteiger partial charge >= 0.3 is 0 Å². The molecule has 60 atom stereocenters. The quantitative estimate of drug-likeness (QED) is 0.0280. The molecule has 142 heavy (non-hydrogen) atoms. The average molecular weight is 2080 g/mol. The maximum atomic E-state index is 13.7. The molecule has 35 N–H and O–H groups in total. The van der Waals surface area contributed by atoms with Gasteiger partial charge in [0.05, 0.1) is 77.8 Å². The van der Waals surface area contributed by atoms with E-state index in [2.05, 4.69) is 21.3 Å². The Balaban J connectivity index is 0.917. The molecule has 0 aliphatic carbocycles. The zero-order chi connectivity index (χ0) is 104. The number of aliphatic hydroxyl groups is 31. The van der Waals surface area contributed by atoms with Gasteiger partial charge in [0, 0.05) is 27.7 Å². The largest absolute Gasteiger partial charge is 0.394 e. The summed E-state index contributed by atoms with van der Waals surface area (Å²) in [4.78, 5) is 53.3. The molecule has 822 valence electrons. The minimum absolute atomic E-state index is 0.875. The molecule has 0 unspecified atom stereocenters. The standard InChI is InChI=1S/C80H134N4O58/c1-17-37(96)47(106)54(113)73(122-17)120-16-32-61(45(104)33(69(119)125-32)81-20(4)92)134-70-34(82-21(5)93)46(105)60(28(12-89)130-70)135-78-59(118)66(140-80-68(53(112)43(102)27(11-88)129-80)142-72-36(84-23(7)95)65(139-75-56(115)49(108)39(98)19(3)124-75)63(30(14-91)132-72)137-77-58(117)51(110)41(100)25(9-86)127-77)44(103)31(133-78)15-121-79-67(52(111)42(101)26(10-87)128-79)141-71-35(83-22(6)94)64(138-74-55(114)48(107)38(97)18(2)123-74)62(29(13-90)131-71)136-76-57(116)50(109)40(99)24(8-85)126-76/h17-19,24-80,85-91,96-119H,8-16H2,1-7H3,(H,81,92)(H,82,93)(H,83,94)(H,84,95)/t17-,18-,19-,24+,25+,26+,27+,28+,29+,30+,31+,32+,33+,34+,35+,36+,37+,38+,39+,40-,41-,42+,43+,44+,45+,46+,47+,48+,49+,50-,51-,52-,53-,54-,55-,56-,57+,58+,59-,60+,61+,62+,63+,64+,65+,66-,67-,68-,69+,70-,71-,72-,73+,74-,75-,76-,77-,78-,79-,80+/m0/s1. The SMILES string of the molecule is CC(=O)N[C@@H]1[C@@H](O)[C@H](O[C@@H]2O[C@H](CO)[C@@H](O[C@@H]3O[C@H](CO[C@H]4O[C@H](CO)[C@@H](O)[C@H](O)[C@@H]4O[C@@H]4O[C@H](CO)[C@@H](O[C@@H]5O[C@H](CO)[C@H](O)[C@H](O)[C@H]5O)[C@H](O[C@@H]5O[C@@H](C)[C@@H](O)[C@@H](O)[C@@H]5O)[C@H]4NC(C)=O)[C@@H](O)[C@H](O[C@H]4O[C@H](CO)[C@@H](O)[C@H](O)[C@@H]4O[C@@H]4O[C@H](CO)[C@@H](O[C@@H]5O[C@H](CO)[C@H](O)[C@H](O)[C@H]5O)[C@H](O[C@@H]5O[C@@H](C)[C@@H](O)[C@@H](O)[C@@H]5O)[C@H]4NC(C)=O)[C@@H]3O)[C@H](O)[C@H]2NC(C)=O)[C@@H](CO[C@@H]2O[C@@H](C)[C@@H](O)[C@@H](O)[C@@H]2O)O[C@H]1O. The third kappa shape index (κ3) is 25.4. The normalized spacial score (nSPS) is 50.9. The molecule has 0 saturated carbocycles. The molecule has 0 radical (unpaired) electrons. The molecule has 0 aromatic carbocycles. The minimum Gasteiger partial charge on any atom is -0.394 e. The number of aliphatic hydroxyl groups excluding tert-OH is 31. The fraction of sp³-hybridized carbons (Fsp3) is 0.950. The first kappa shape index (κ1) is 116. The van der Waals surface area contributed by atoms with E-state index >= 15 is 0 Å². The molecule has 12 fully saturated rings. The van der Waals surface area contributed by atoms with Crippen molar-refractivity contribution >= 4 is 23.6 Å². The Morgan fingerprint density at radius 2 is 0.451 bits per heavy atom. The summed E-state index contributed by atoms with van der Waals surface area (Å²) in [5, 5.41) is 360. The highest BCUT2D eigenvalue weighted by molar-refractivity contribution is 5.74. The average Bonchev–Trinajstić information content (AvgIpc) is 0.759. The lowest BCUT2D eigenvalue weighted by Gasteiger charge is -2.52. The summed E-state index contributed by atoms with van der Waals surface area (Å²) in [7, 11) is 0. The summed E-state index contributed by atoms with van der Waals surface area (Å²) in [6, 6.07) is -8.10. The van der Waals surface area contributed by atoms with Crippen molar-refractivity contribution in [1.29, 1.82) is 0 Å². The zero-order valence-electron chi connectivity index (χ0n) is 76.9. The van der Waals surface area contributed by atoms with Gasteiger partial charge in [-0.1, -0.05) is 0 Å². The van der Waals surface area contributed by atoms with Gasteiger partial charge < -0.3 is 289 Å². The van der Waals surface area contributed by atoms with E-state index in [0.29, 0.717) is 0 Å². The molecule has 0 spiro atoms. The van der Waals surface area contributed by atoms with Crippen molar-refractivity contribution in [2.24, 2.45) is 0 Å². The van der Waals surface area contributed by atoms with E-state index in [9.17, 15) is 177 Å². The number of carbonyl (C=O) groups excluding carboxylic acids is 4. The van der Waals surface area contributed by atoms with Gasteiger partial charge in [-0.15, -0.1) is 0 Å². The Kier molecular flexibility index (Phi) is 41.2.